The highest BCUT2D eigenvalue weighted by molar-refractivity contribution is 6.71. The van der Waals surface area contributed by atoms with Crippen LogP contribution in [0.15, 0.2) is 140 Å². The lowest BCUT2D eigenvalue weighted by atomic mass is 9.82. The summed E-state index contributed by atoms with van der Waals surface area (Å²) < 4.78 is 8.83. The van der Waals surface area contributed by atoms with Gasteiger partial charge in [-0.25, -0.2) is 0 Å². The third-order valence-electron chi connectivity index (χ3n) is 11.8. The van der Waals surface area contributed by atoms with Crippen LogP contribution in [-0.2, 0) is 28.2 Å². The minimum Gasteiger partial charge on any atom is -0.432 e. The third-order valence-corrected chi connectivity index (χ3v) is 14.3. The number of aryl methyl sites for hydroxylation is 1. The Morgan fingerprint density at radius 2 is 1.42 bits per heavy atom. The molecule has 60 heavy (non-hydrogen) atoms. The second kappa shape index (κ2) is 16.8. The van der Waals surface area contributed by atoms with Crippen LogP contribution >= 0.6 is 0 Å². The van der Waals surface area contributed by atoms with Gasteiger partial charge >= 0.3 is 0 Å². The fourth-order valence-corrected chi connectivity index (χ4v) is 11.5. The molecule has 3 heterocycles. The molecule has 1 unspecified atom stereocenters. The number of nitrogens with one attached hydrogen (secondary N) is 2. The van der Waals surface area contributed by atoms with Crippen molar-refractivity contribution in [2.75, 3.05) is 22.1 Å². The van der Waals surface area contributed by atoms with Crippen LogP contribution in [-0.4, -0.2) is 63.6 Å². The van der Waals surface area contributed by atoms with Crippen LogP contribution in [0.2, 0.25) is 18.6 Å². The molecule has 0 bridgehead atoms. The Morgan fingerprint density at radius 1 is 0.833 bits per heavy atom. The van der Waals surface area contributed by atoms with E-state index >= 15 is 4.79 Å². The predicted octanol–water partition coefficient (Wildman–Crippen LogP) is 7.34. The Bertz CT molecular complexity index is 2480. The maximum Gasteiger partial charge on any atom is 0.264 e. The molecule has 1 spiro atoms. The van der Waals surface area contributed by atoms with E-state index < -0.39 is 25.9 Å². The van der Waals surface area contributed by atoms with Crippen molar-refractivity contribution in [2.45, 2.75) is 62.7 Å². The van der Waals surface area contributed by atoms with E-state index in [4.69, 9.17) is 4.74 Å². The summed E-state index contributed by atoms with van der Waals surface area (Å²) in [6, 6.07) is 40.4. The van der Waals surface area contributed by atoms with Gasteiger partial charge in [-0.05, 0) is 85.2 Å². The number of aliphatic hydroxyl groups is 1. The molecule has 306 valence electrons. The van der Waals surface area contributed by atoms with E-state index in [0.717, 1.165) is 11.1 Å². The van der Waals surface area contributed by atoms with Gasteiger partial charge in [0, 0.05) is 52.3 Å². The molecule has 12 nitrogen and oxygen atoms in total. The number of aliphatic hydroxyl groups excluding tert-OH is 1. The number of rotatable bonds is 13. The van der Waals surface area contributed by atoms with Crippen molar-refractivity contribution in [2.24, 2.45) is 5.92 Å². The lowest BCUT2D eigenvalue weighted by Gasteiger charge is -2.32. The highest BCUT2D eigenvalue weighted by Crippen LogP contribution is 2.60. The Balaban J connectivity index is 1.09. The molecule has 5 aromatic carbocycles. The molecular formula is C47H48N6O6Si. The van der Waals surface area contributed by atoms with Crippen molar-refractivity contribution < 1.29 is 29.0 Å². The molecule has 2 aliphatic heterocycles. The molecular weight excluding hydrogens is 773 g/mol. The van der Waals surface area contributed by atoms with Crippen LogP contribution in [0.5, 0.6) is 0 Å². The first kappa shape index (κ1) is 40.5. The van der Waals surface area contributed by atoms with Crippen LogP contribution < -0.4 is 15.5 Å². The Labute approximate surface area is 350 Å². The Kier molecular flexibility index (Phi) is 11.3. The minimum atomic E-state index is -3.00. The zero-order chi connectivity index (χ0) is 42.0. The van der Waals surface area contributed by atoms with Crippen molar-refractivity contribution in [1.29, 1.82) is 0 Å². The standard InChI is InChI=1S/C47H48N6O6Si/c1-31-43(60(2,3)58)42(25-26-52-29-40(50-51-52)38(30-54)33-13-7-4-8-14-33)59-47(31)39-27-37(49-45(56)35-17-11-6-12-18-35)23-24-41(39)53(46(47)57)28-32-19-21-36(22-20-32)48-44(55)34-15-9-5-10-16-34/h4-24,27,29,31,38,42-43,54,58H,25-26,28,30H2,1-3H3,(H,48,55)(H,49,56)/t31-,38?,42+,43-,47+/m0/s1. The molecule has 1 saturated heterocycles. The Morgan fingerprint density at radius 3 is 2.02 bits per heavy atom. The Hall–Kier alpha value is -6.25. The van der Waals surface area contributed by atoms with Gasteiger partial charge in [-0.1, -0.05) is 91.0 Å². The second-order valence-corrected chi connectivity index (χ2v) is 20.1. The third kappa shape index (κ3) is 7.92. The van der Waals surface area contributed by atoms with Crippen LogP contribution in [0.3, 0.4) is 0 Å². The number of fused-ring (bicyclic) bond motifs is 2. The summed E-state index contributed by atoms with van der Waals surface area (Å²) in [6.07, 6.45) is 1.75. The fourth-order valence-electron chi connectivity index (χ4n) is 8.94. The molecule has 0 radical (unpaired) electrons. The minimum absolute atomic E-state index is 0.123. The van der Waals surface area contributed by atoms with Gasteiger partial charge in [-0.2, -0.15) is 0 Å². The fraction of sp³-hybridized carbons (Fsp3) is 0.255. The number of benzene rings is 5. The van der Waals surface area contributed by atoms with Crippen molar-refractivity contribution in [1.82, 2.24) is 15.0 Å². The van der Waals surface area contributed by atoms with Gasteiger partial charge in [0.15, 0.2) is 13.9 Å². The molecule has 4 N–H and O–H groups in total. The lowest BCUT2D eigenvalue weighted by molar-refractivity contribution is -0.146. The summed E-state index contributed by atoms with van der Waals surface area (Å²) in [5.74, 6) is -1.53. The summed E-state index contributed by atoms with van der Waals surface area (Å²) in [7, 11) is -3.00. The zero-order valence-electron chi connectivity index (χ0n) is 33.7. The summed E-state index contributed by atoms with van der Waals surface area (Å²) >= 11 is 0. The van der Waals surface area contributed by atoms with E-state index in [0.29, 0.717) is 52.4 Å². The molecule has 3 amide bonds. The van der Waals surface area contributed by atoms with Crippen molar-refractivity contribution in [3.8, 4) is 0 Å². The van der Waals surface area contributed by atoms with Crippen LogP contribution in [0.1, 0.15) is 62.4 Å². The SMILES string of the molecule is C[C@H]1[C@H]([Si](C)(C)O)[C@@H](CCn2cc(C(CO)c3ccccc3)nn2)O[C@]12C(=O)N(Cc1ccc(NC(=O)c3ccccc3)cc1)c1ccc(NC(=O)c3ccccc3)cc12. The zero-order valence-corrected chi connectivity index (χ0v) is 34.7. The first-order chi connectivity index (χ1) is 29.0. The van der Waals surface area contributed by atoms with Gasteiger partial charge in [0.25, 0.3) is 17.7 Å². The lowest BCUT2D eigenvalue weighted by Crippen LogP contribution is -2.46. The number of hydrogen-bond acceptors (Lipinski definition) is 8. The van der Waals surface area contributed by atoms with Gasteiger partial charge < -0.3 is 30.2 Å². The van der Waals surface area contributed by atoms with Crippen LogP contribution in [0.4, 0.5) is 17.1 Å². The number of amides is 3. The normalized spacial score (nSPS) is 20.2. The molecule has 1 fully saturated rings. The predicted molar refractivity (Wildman–Crippen MR) is 232 cm³/mol. The highest BCUT2D eigenvalue weighted by Gasteiger charge is 2.66. The van der Waals surface area contributed by atoms with E-state index in [-0.39, 0.29) is 42.3 Å². The highest BCUT2D eigenvalue weighted by atomic mass is 28.4. The molecule has 5 atom stereocenters. The van der Waals surface area contributed by atoms with Gasteiger partial charge in [-0.3, -0.25) is 19.1 Å². The van der Waals surface area contributed by atoms with E-state index in [1.54, 1.807) is 52.0 Å². The number of nitrogens with zero attached hydrogens (tertiary/aromatic N) is 4. The first-order valence-electron chi connectivity index (χ1n) is 20.2. The van der Waals surface area contributed by atoms with E-state index in [9.17, 15) is 19.5 Å². The molecule has 8 rings (SSSR count). The first-order valence-corrected chi connectivity index (χ1v) is 23.2. The molecule has 0 aliphatic carbocycles. The van der Waals surface area contributed by atoms with Crippen molar-refractivity contribution in [3.63, 3.8) is 0 Å². The number of carbonyl (C=O) groups is 3. The summed E-state index contributed by atoms with van der Waals surface area (Å²) in [5.41, 5.74) is 4.06. The molecule has 1 aromatic heterocycles. The monoisotopic (exact) mass is 820 g/mol. The van der Waals surface area contributed by atoms with Gasteiger partial charge in [-0.15, -0.1) is 5.10 Å². The molecule has 0 saturated carbocycles. The van der Waals surface area contributed by atoms with Gasteiger partial charge in [0.2, 0.25) is 0 Å². The topological polar surface area (TPSA) is 159 Å². The summed E-state index contributed by atoms with van der Waals surface area (Å²) in [6.45, 7) is 6.25. The second-order valence-electron chi connectivity index (χ2n) is 16.2. The van der Waals surface area contributed by atoms with Crippen molar-refractivity contribution in [3.05, 3.63) is 173 Å². The smallest absolute Gasteiger partial charge is 0.264 e. The van der Waals surface area contributed by atoms with Crippen LogP contribution in [0.25, 0.3) is 0 Å². The molecule has 13 heteroatoms. The quantitative estimate of drug-likeness (QED) is 0.0882. The summed E-state index contributed by atoms with van der Waals surface area (Å²) in [5, 5.41) is 25.0. The summed E-state index contributed by atoms with van der Waals surface area (Å²) in [4.78, 5) is 55.0. The van der Waals surface area contributed by atoms with E-state index in [1.165, 1.54) is 0 Å². The number of ether oxygens (including phenoxy) is 1. The number of aromatic nitrogens is 3. The van der Waals surface area contributed by atoms with Gasteiger partial charge in [0.1, 0.15) is 0 Å². The average Bonchev–Trinajstić information content (AvgIpc) is 3.92. The van der Waals surface area contributed by atoms with E-state index in [1.807, 2.05) is 117 Å². The maximum absolute atomic E-state index is 15.2. The number of carbonyl (C=O) groups excluding carboxylic acids is 3. The molecule has 2 aliphatic rings. The largest absolute Gasteiger partial charge is 0.432 e. The van der Waals surface area contributed by atoms with Gasteiger partial charge in [0.05, 0.1) is 36.6 Å². The maximum atomic E-state index is 15.2. The molecule has 6 aromatic rings. The average molecular weight is 821 g/mol. The number of hydrogen-bond donors (Lipinski definition) is 4. The van der Waals surface area contributed by atoms with Crippen molar-refractivity contribution >= 4 is 43.1 Å². The van der Waals surface area contributed by atoms with Crippen LogP contribution in [0, 0.1) is 5.92 Å². The van der Waals surface area contributed by atoms with E-state index in [2.05, 4.69) is 20.9 Å². The number of anilines is 3.